The Morgan fingerprint density at radius 3 is 2.58 bits per heavy atom. The summed E-state index contributed by atoms with van der Waals surface area (Å²) in [6.07, 6.45) is 0. The maximum absolute atomic E-state index is 12.6. The van der Waals surface area contributed by atoms with Gasteiger partial charge in [0.15, 0.2) is 17.3 Å². The van der Waals surface area contributed by atoms with Crippen LogP contribution in [-0.2, 0) is 11.4 Å². The highest BCUT2D eigenvalue weighted by Crippen LogP contribution is 2.39. The standard InChI is InChI=1S/C29H29N5O4/c1-4-37-24-16-20(13-14-23(24)38-17-19-9-6-5-7-10-19)26-25(27(30)35)18(2)31-29-32-28(33-34(26)29)21-11-8-12-22(15-21)36-3/h5-16,26H,4,17H2,1-3H3,(H2,30,35)(H,31,32,33). The molecule has 0 aliphatic carbocycles. The third-order valence-corrected chi connectivity index (χ3v) is 6.27. The topological polar surface area (TPSA) is 114 Å². The smallest absolute Gasteiger partial charge is 0.248 e. The molecule has 38 heavy (non-hydrogen) atoms. The lowest BCUT2D eigenvalue weighted by Gasteiger charge is -2.28. The molecule has 9 heteroatoms. The minimum atomic E-state index is -0.613. The van der Waals surface area contributed by atoms with Crippen molar-refractivity contribution in [2.24, 2.45) is 5.73 Å². The quantitative estimate of drug-likeness (QED) is 0.335. The van der Waals surface area contributed by atoms with Gasteiger partial charge in [-0.2, -0.15) is 4.98 Å². The van der Waals surface area contributed by atoms with Gasteiger partial charge in [-0.15, -0.1) is 5.10 Å². The van der Waals surface area contributed by atoms with Crippen LogP contribution in [-0.4, -0.2) is 34.4 Å². The Hall–Kier alpha value is -4.79. The first-order valence-electron chi connectivity index (χ1n) is 12.3. The first kappa shape index (κ1) is 24.9. The summed E-state index contributed by atoms with van der Waals surface area (Å²) in [5.74, 6) is 2.30. The zero-order valence-electron chi connectivity index (χ0n) is 21.5. The number of hydrogen-bond acceptors (Lipinski definition) is 7. The minimum Gasteiger partial charge on any atom is -0.497 e. The van der Waals surface area contributed by atoms with E-state index < -0.39 is 11.9 Å². The maximum Gasteiger partial charge on any atom is 0.248 e. The number of anilines is 1. The zero-order valence-corrected chi connectivity index (χ0v) is 21.5. The van der Waals surface area contributed by atoms with Gasteiger partial charge in [-0.25, -0.2) is 4.68 Å². The molecule has 0 saturated carbocycles. The number of rotatable bonds is 9. The van der Waals surface area contributed by atoms with Crippen molar-refractivity contribution in [2.75, 3.05) is 19.0 Å². The van der Waals surface area contributed by atoms with Gasteiger partial charge in [0.1, 0.15) is 18.4 Å². The number of fused-ring (bicyclic) bond motifs is 1. The maximum atomic E-state index is 12.6. The summed E-state index contributed by atoms with van der Waals surface area (Å²) in [7, 11) is 1.61. The summed E-state index contributed by atoms with van der Waals surface area (Å²) in [5.41, 5.74) is 9.46. The van der Waals surface area contributed by atoms with Gasteiger partial charge in [-0.05, 0) is 49.2 Å². The number of ether oxygens (including phenoxy) is 3. The molecular formula is C29H29N5O4. The normalized spacial score (nSPS) is 14.4. The number of carbonyl (C=O) groups is 1. The molecule has 0 saturated heterocycles. The van der Waals surface area contributed by atoms with Gasteiger partial charge < -0.3 is 25.3 Å². The molecule has 4 aromatic rings. The molecule has 1 aliphatic heterocycles. The van der Waals surface area contributed by atoms with Crippen molar-refractivity contribution in [3.8, 4) is 28.6 Å². The van der Waals surface area contributed by atoms with Gasteiger partial charge in [0.05, 0.1) is 19.3 Å². The fourth-order valence-corrected chi connectivity index (χ4v) is 4.48. The summed E-state index contributed by atoms with van der Waals surface area (Å²) in [6.45, 7) is 4.56. The number of nitrogens with zero attached hydrogens (tertiary/aromatic N) is 3. The highest BCUT2D eigenvalue weighted by Gasteiger charge is 2.34. The van der Waals surface area contributed by atoms with Gasteiger partial charge in [-0.3, -0.25) is 4.79 Å². The highest BCUT2D eigenvalue weighted by molar-refractivity contribution is 5.95. The fourth-order valence-electron chi connectivity index (χ4n) is 4.48. The molecule has 0 fully saturated rings. The number of carbonyl (C=O) groups excluding carboxylic acids is 1. The molecule has 1 unspecified atom stereocenters. The second-order valence-electron chi connectivity index (χ2n) is 8.78. The lowest BCUT2D eigenvalue weighted by Crippen LogP contribution is -2.31. The monoisotopic (exact) mass is 511 g/mol. The molecule has 0 radical (unpaired) electrons. The number of methoxy groups -OCH3 is 1. The lowest BCUT2D eigenvalue weighted by molar-refractivity contribution is -0.115. The number of aromatic nitrogens is 3. The molecule has 1 atom stereocenters. The van der Waals surface area contributed by atoms with Crippen molar-refractivity contribution in [2.45, 2.75) is 26.5 Å². The van der Waals surface area contributed by atoms with Crippen molar-refractivity contribution in [3.63, 3.8) is 0 Å². The van der Waals surface area contributed by atoms with Crippen molar-refractivity contribution in [3.05, 3.63) is 95.2 Å². The Labute approximate surface area is 220 Å². The Morgan fingerprint density at radius 2 is 1.84 bits per heavy atom. The Kier molecular flexibility index (Phi) is 6.99. The van der Waals surface area contributed by atoms with Crippen LogP contribution < -0.4 is 25.3 Å². The molecule has 1 aliphatic rings. The van der Waals surface area contributed by atoms with E-state index in [-0.39, 0.29) is 0 Å². The lowest BCUT2D eigenvalue weighted by atomic mass is 9.95. The number of benzene rings is 3. The van der Waals surface area contributed by atoms with E-state index in [1.165, 1.54) is 0 Å². The molecule has 0 spiro atoms. The molecular weight excluding hydrogens is 482 g/mol. The van der Waals surface area contributed by atoms with Crippen LogP contribution in [0.2, 0.25) is 0 Å². The van der Waals surface area contributed by atoms with E-state index >= 15 is 0 Å². The number of amides is 1. The Bertz CT molecular complexity index is 1500. The number of allylic oxidation sites excluding steroid dienone is 1. The summed E-state index contributed by atoms with van der Waals surface area (Å²) in [5, 5.41) is 7.95. The molecule has 3 aromatic carbocycles. The Morgan fingerprint density at radius 1 is 1.03 bits per heavy atom. The van der Waals surface area contributed by atoms with Gasteiger partial charge >= 0.3 is 0 Å². The van der Waals surface area contributed by atoms with E-state index in [2.05, 4.69) is 5.32 Å². The molecule has 194 valence electrons. The SMILES string of the molecule is CCOc1cc(C2C(C(N)=O)=C(C)Nc3nc(-c4cccc(OC)c4)nn32)ccc1OCc1ccccc1. The van der Waals surface area contributed by atoms with Gasteiger partial charge in [0.25, 0.3) is 0 Å². The van der Waals surface area contributed by atoms with E-state index in [0.29, 0.717) is 53.5 Å². The van der Waals surface area contributed by atoms with E-state index in [9.17, 15) is 4.79 Å². The van der Waals surface area contributed by atoms with Crippen molar-refractivity contribution in [1.82, 2.24) is 14.8 Å². The van der Waals surface area contributed by atoms with Crippen molar-refractivity contribution in [1.29, 1.82) is 0 Å². The van der Waals surface area contributed by atoms with Crippen molar-refractivity contribution >= 4 is 11.9 Å². The minimum absolute atomic E-state index is 0.389. The second-order valence-corrected chi connectivity index (χ2v) is 8.78. The van der Waals surface area contributed by atoms with Gasteiger partial charge in [0, 0.05) is 11.3 Å². The van der Waals surface area contributed by atoms with Crippen LogP contribution in [0.25, 0.3) is 11.4 Å². The summed E-state index contributed by atoms with van der Waals surface area (Å²) in [4.78, 5) is 17.3. The summed E-state index contributed by atoms with van der Waals surface area (Å²) < 4.78 is 19.0. The highest BCUT2D eigenvalue weighted by atomic mass is 16.5. The Balaban J connectivity index is 1.55. The van der Waals surface area contributed by atoms with E-state index in [1.54, 1.807) is 18.7 Å². The molecule has 2 heterocycles. The average Bonchev–Trinajstić information content (AvgIpc) is 3.36. The number of primary amides is 1. The first-order chi connectivity index (χ1) is 18.5. The van der Waals surface area contributed by atoms with E-state index in [1.807, 2.05) is 79.7 Å². The molecule has 5 rings (SSSR count). The molecule has 1 aromatic heterocycles. The molecule has 3 N–H and O–H groups in total. The van der Waals surface area contributed by atoms with Gasteiger partial charge in [-0.1, -0.05) is 48.5 Å². The van der Waals surface area contributed by atoms with Gasteiger partial charge in [0.2, 0.25) is 11.9 Å². The molecule has 9 nitrogen and oxygen atoms in total. The predicted molar refractivity (Wildman–Crippen MR) is 144 cm³/mol. The van der Waals surface area contributed by atoms with E-state index in [0.717, 1.165) is 16.7 Å². The molecule has 1 amide bonds. The average molecular weight is 512 g/mol. The third-order valence-electron chi connectivity index (χ3n) is 6.27. The first-order valence-corrected chi connectivity index (χ1v) is 12.3. The van der Waals surface area contributed by atoms with Crippen LogP contribution in [0.5, 0.6) is 17.2 Å². The third kappa shape index (κ3) is 4.90. The summed E-state index contributed by atoms with van der Waals surface area (Å²) in [6, 6.07) is 22.4. The molecule has 0 bridgehead atoms. The number of nitrogens with one attached hydrogen (secondary N) is 1. The van der Waals surface area contributed by atoms with Crippen LogP contribution in [0.4, 0.5) is 5.95 Å². The number of nitrogens with two attached hydrogens (primary N) is 1. The van der Waals surface area contributed by atoms with Crippen LogP contribution in [0, 0.1) is 0 Å². The van der Waals surface area contributed by atoms with Crippen LogP contribution in [0.15, 0.2) is 84.1 Å². The van der Waals surface area contributed by atoms with Crippen LogP contribution in [0.1, 0.15) is 31.0 Å². The second kappa shape index (κ2) is 10.7. The number of hydrogen-bond donors (Lipinski definition) is 2. The zero-order chi connectivity index (χ0) is 26.6. The van der Waals surface area contributed by atoms with Crippen LogP contribution >= 0.6 is 0 Å². The van der Waals surface area contributed by atoms with Crippen molar-refractivity contribution < 1.29 is 19.0 Å². The van der Waals surface area contributed by atoms with Crippen LogP contribution in [0.3, 0.4) is 0 Å². The van der Waals surface area contributed by atoms with E-state index in [4.69, 9.17) is 30.0 Å². The fraction of sp³-hybridized carbons (Fsp3) is 0.207. The predicted octanol–water partition coefficient (Wildman–Crippen LogP) is 4.71. The largest absolute Gasteiger partial charge is 0.497 e. The summed E-state index contributed by atoms with van der Waals surface area (Å²) >= 11 is 0.